The van der Waals surface area contributed by atoms with Crippen LogP contribution in [0.2, 0.25) is 0 Å². The van der Waals surface area contributed by atoms with E-state index in [1.54, 1.807) is 7.11 Å². The fourth-order valence-electron chi connectivity index (χ4n) is 5.22. The van der Waals surface area contributed by atoms with Crippen LogP contribution < -0.4 is 16.5 Å². The van der Waals surface area contributed by atoms with Crippen LogP contribution in [0.25, 0.3) is 0 Å². The number of hydrazine groups is 1. The Labute approximate surface area is 236 Å². The summed E-state index contributed by atoms with van der Waals surface area (Å²) in [5, 5.41) is 5.07. The molecule has 10 heteroatoms. The van der Waals surface area contributed by atoms with Crippen molar-refractivity contribution in [2.45, 2.75) is 111 Å². The van der Waals surface area contributed by atoms with Crippen LogP contribution in [0.3, 0.4) is 0 Å². The molecule has 2 saturated heterocycles. The molecule has 2 aliphatic heterocycles. The summed E-state index contributed by atoms with van der Waals surface area (Å²) in [6.07, 6.45) is 4.57. The summed E-state index contributed by atoms with van der Waals surface area (Å²) in [5.41, 5.74) is 10.3. The SMILES string of the molecule is C=C(NC(C(C)CC)N1CCO[C@@H](C[C@H](N)C(=O)N2CCC[C@@H](C(=O)OCC(C)(C)CCC)N2)C1)[C@H](C)OC. The van der Waals surface area contributed by atoms with E-state index < -0.39 is 12.1 Å². The molecule has 2 unspecified atom stereocenters. The second kappa shape index (κ2) is 15.9. The molecule has 10 nitrogen and oxygen atoms in total. The first kappa shape index (κ1) is 33.5. The maximum atomic E-state index is 13.2. The number of nitrogens with two attached hydrogens (primary N) is 1. The minimum absolute atomic E-state index is 0.0659. The van der Waals surface area contributed by atoms with Crippen molar-refractivity contribution in [3.63, 3.8) is 0 Å². The zero-order chi connectivity index (χ0) is 29.2. The summed E-state index contributed by atoms with van der Waals surface area (Å²) in [4.78, 5) is 28.3. The van der Waals surface area contributed by atoms with Crippen LogP contribution in [0.5, 0.6) is 0 Å². The van der Waals surface area contributed by atoms with Crippen LogP contribution in [-0.4, -0.2) is 92.2 Å². The fraction of sp³-hybridized carbons (Fsp3) is 0.862. The third-order valence-electron chi connectivity index (χ3n) is 8.03. The van der Waals surface area contributed by atoms with E-state index in [1.807, 2.05) is 6.92 Å². The van der Waals surface area contributed by atoms with E-state index in [0.29, 0.717) is 51.5 Å². The Kier molecular flexibility index (Phi) is 13.7. The van der Waals surface area contributed by atoms with Crippen LogP contribution in [0.4, 0.5) is 0 Å². The Bertz CT molecular complexity index is 794. The molecule has 2 fully saturated rings. The topological polar surface area (TPSA) is 118 Å². The number of hydrogen-bond acceptors (Lipinski definition) is 9. The van der Waals surface area contributed by atoms with Crippen molar-refractivity contribution in [1.29, 1.82) is 0 Å². The van der Waals surface area contributed by atoms with Gasteiger partial charge in [0.05, 0.1) is 37.6 Å². The number of hydrogen-bond donors (Lipinski definition) is 3. The van der Waals surface area contributed by atoms with Gasteiger partial charge < -0.3 is 25.3 Å². The standard InChI is InChI=1S/C29H55N5O5/c1-9-13-29(6,7)19-39-28(36)25-12-11-14-34(32-25)27(35)24(30)17-23-18-33(15-16-38-23)26(20(3)10-2)31-21(4)22(5)37-8/h20,22-26,31-32H,4,9-19,30H2,1-3,5-8H3/t20?,22-,23-,24-,25-,26?/m0/s1. The molecule has 226 valence electrons. The molecule has 6 atom stereocenters. The predicted octanol–water partition coefficient (Wildman–Crippen LogP) is 2.78. The van der Waals surface area contributed by atoms with Gasteiger partial charge in [-0.2, -0.15) is 0 Å². The molecule has 1 amide bonds. The number of nitrogens with zero attached hydrogens (tertiary/aromatic N) is 2. The van der Waals surface area contributed by atoms with Crippen molar-refractivity contribution >= 4 is 11.9 Å². The van der Waals surface area contributed by atoms with E-state index >= 15 is 0 Å². The number of esters is 1. The van der Waals surface area contributed by atoms with Crippen LogP contribution in [-0.2, 0) is 23.8 Å². The Morgan fingerprint density at radius 3 is 2.62 bits per heavy atom. The van der Waals surface area contributed by atoms with E-state index in [1.165, 1.54) is 5.01 Å². The molecule has 4 N–H and O–H groups in total. The highest BCUT2D eigenvalue weighted by atomic mass is 16.5. The number of methoxy groups -OCH3 is 1. The van der Waals surface area contributed by atoms with E-state index in [0.717, 1.165) is 31.5 Å². The molecule has 2 aliphatic rings. The Morgan fingerprint density at radius 2 is 1.97 bits per heavy atom. The molecule has 0 spiro atoms. The molecule has 0 aromatic rings. The summed E-state index contributed by atoms with van der Waals surface area (Å²) in [6, 6.07) is -1.28. The largest absolute Gasteiger partial charge is 0.464 e. The number of nitrogens with one attached hydrogen (secondary N) is 2. The average Bonchev–Trinajstić information content (AvgIpc) is 2.93. The first-order chi connectivity index (χ1) is 18.4. The number of carbonyl (C=O) groups is 2. The van der Waals surface area contributed by atoms with Gasteiger partial charge in [0.1, 0.15) is 6.04 Å². The summed E-state index contributed by atoms with van der Waals surface area (Å²) in [7, 11) is 1.68. The van der Waals surface area contributed by atoms with Gasteiger partial charge in [-0.15, -0.1) is 0 Å². The molecular weight excluding hydrogens is 498 g/mol. The molecule has 2 rings (SSSR count). The van der Waals surface area contributed by atoms with Crippen LogP contribution in [0.15, 0.2) is 12.3 Å². The van der Waals surface area contributed by atoms with Gasteiger partial charge in [-0.25, -0.2) is 5.43 Å². The van der Waals surface area contributed by atoms with E-state index in [9.17, 15) is 9.59 Å². The lowest BCUT2D eigenvalue weighted by molar-refractivity contribution is -0.155. The van der Waals surface area contributed by atoms with Crippen LogP contribution >= 0.6 is 0 Å². The minimum atomic E-state index is -0.737. The first-order valence-electron chi connectivity index (χ1n) is 14.8. The Morgan fingerprint density at radius 1 is 1.26 bits per heavy atom. The molecule has 0 radical (unpaired) electrons. The maximum Gasteiger partial charge on any atom is 0.324 e. The zero-order valence-electron chi connectivity index (χ0n) is 25.5. The van der Waals surface area contributed by atoms with Crippen molar-refractivity contribution in [3.8, 4) is 0 Å². The lowest BCUT2D eigenvalue weighted by atomic mass is 9.89. The molecule has 0 aliphatic carbocycles. The van der Waals surface area contributed by atoms with E-state index in [2.05, 4.69) is 56.8 Å². The highest BCUT2D eigenvalue weighted by Crippen LogP contribution is 2.23. The smallest absolute Gasteiger partial charge is 0.324 e. The summed E-state index contributed by atoms with van der Waals surface area (Å²) in [5.74, 6) is -0.162. The van der Waals surface area contributed by atoms with Gasteiger partial charge in [0.15, 0.2) is 0 Å². The van der Waals surface area contributed by atoms with Crippen LogP contribution in [0, 0.1) is 11.3 Å². The zero-order valence-corrected chi connectivity index (χ0v) is 25.5. The first-order valence-corrected chi connectivity index (χ1v) is 14.8. The Hall–Kier alpha value is -1.72. The molecule has 2 heterocycles. The van der Waals surface area contributed by atoms with Crippen LogP contribution in [0.1, 0.15) is 80.1 Å². The maximum absolute atomic E-state index is 13.2. The highest BCUT2D eigenvalue weighted by molar-refractivity contribution is 5.82. The predicted molar refractivity (Wildman–Crippen MR) is 153 cm³/mol. The van der Waals surface area contributed by atoms with Crippen molar-refractivity contribution in [2.75, 3.05) is 40.0 Å². The third-order valence-corrected chi connectivity index (χ3v) is 8.03. The molecule has 0 aromatic carbocycles. The van der Waals surface area contributed by atoms with Gasteiger partial charge in [0.2, 0.25) is 0 Å². The van der Waals surface area contributed by atoms with Gasteiger partial charge in [-0.1, -0.05) is 54.0 Å². The summed E-state index contributed by atoms with van der Waals surface area (Å²) in [6.45, 7) is 19.7. The molecule has 0 saturated carbocycles. The fourth-order valence-corrected chi connectivity index (χ4v) is 5.22. The normalized spacial score (nSPS) is 23.9. The number of morpholine rings is 1. The van der Waals surface area contributed by atoms with Crippen molar-refractivity contribution in [2.24, 2.45) is 17.1 Å². The average molecular weight is 554 g/mol. The third kappa shape index (κ3) is 10.3. The van der Waals surface area contributed by atoms with E-state index in [-0.39, 0.29) is 35.7 Å². The van der Waals surface area contributed by atoms with Crippen molar-refractivity contribution in [3.05, 3.63) is 12.3 Å². The van der Waals surface area contributed by atoms with Gasteiger partial charge >= 0.3 is 5.97 Å². The lowest BCUT2D eigenvalue weighted by Gasteiger charge is -2.42. The van der Waals surface area contributed by atoms with Gasteiger partial charge in [-0.05, 0) is 43.9 Å². The van der Waals surface area contributed by atoms with Gasteiger partial charge in [-0.3, -0.25) is 19.5 Å². The molecule has 39 heavy (non-hydrogen) atoms. The number of rotatable bonds is 15. The summed E-state index contributed by atoms with van der Waals surface area (Å²) >= 11 is 0. The number of ether oxygens (including phenoxy) is 3. The van der Waals surface area contributed by atoms with Gasteiger partial charge in [0.25, 0.3) is 5.91 Å². The summed E-state index contributed by atoms with van der Waals surface area (Å²) < 4.78 is 17.1. The van der Waals surface area contributed by atoms with Crippen molar-refractivity contribution < 1.29 is 23.8 Å². The molecule has 0 aromatic heterocycles. The number of amides is 1. The molecule has 0 bridgehead atoms. The lowest BCUT2D eigenvalue weighted by Crippen LogP contribution is -2.60. The second-order valence-electron chi connectivity index (χ2n) is 12.0. The van der Waals surface area contributed by atoms with Crippen molar-refractivity contribution in [1.82, 2.24) is 20.7 Å². The second-order valence-corrected chi connectivity index (χ2v) is 12.0. The monoisotopic (exact) mass is 553 g/mol. The minimum Gasteiger partial charge on any atom is -0.464 e. The number of carbonyl (C=O) groups excluding carboxylic acids is 2. The van der Waals surface area contributed by atoms with E-state index in [4.69, 9.17) is 19.9 Å². The highest BCUT2D eigenvalue weighted by Gasteiger charge is 2.35. The Balaban J connectivity index is 1.93. The van der Waals surface area contributed by atoms with Gasteiger partial charge in [0, 0.05) is 32.4 Å². The quantitative estimate of drug-likeness (QED) is 0.263. The molecular formula is C29H55N5O5.